The Balaban J connectivity index is 1.95. The molecule has 1 aliphatic heterocycles. The molecule has 0 aromatic carbocycles. The maximum atomic E-state index is 12.8. The molecule has 2 aromatic rings. The Morgan fingerprint density at radius 2 is 2.05 bits per heavy atom. The van der Waals surface area contributed by atoms with Gasteiger partial charge in [-0.25, -0.2) is 18.1 Å². The summed E-state index contributed by atoms with van der Waals surface area (Å²) in [7, 11) is 0. The molecule has 0 unspecified atom stereocenters. The van der Waals surface area contributed by atoms with Gasteiger partial charge in [-0.2, -0.15) is 0 Å². The van der Waals surface area contributed by atoms with Crippen molar-refractivity contribution in [1.82, 2.24) is 9.64 Å². The van der Waals surface area contributed by atoms with E-state index in [0.717, 1.165) is 48.6 Å². The van der Waals surface area contributed by atoms with Crippen molar-refractivity contribution < 1.29 is 18.1 Å². The number of quaternary nitrogens is 1. The average molecular weight is 327 g/mol. The fourth-order valence-electron chi connectivity index (χ4n) is 2.93. The smallest absolute Gasteiger partial charge is 0.307 e. The number of hydrogen-bond acceptors (Lipinski definition) is 4. The minimum atomic E-state index is -2.67. The van der Waals surface area contributed by atoms with Crippen molar-refractivity contribution in [2.24, 2.45) is 0 Å². The number of amides is 1. The van der Waals surface area contributed by atoms with E-state index >= 15 is 0 Å². The Morgan fingerprint density at radius 3 is 2.64 bits per heavy atom. The second-order valence-electron chi connectivity index (χ2n) is 5.61. The monoisotopic (exact) mass is 327 g/mol. The molecule has 3 heterocycles. The number of halogens is 2. The summed E-state index contributed by atoms with van der Waals surface area (Å²) in [6, 6.07) is 3.73. The third-order valence-corrected chi connectivity index (χ3v) is 5.50. The normalized spacial score (nSPS) is 17.8. The largest absolute Gasteiger partial charge is 0.354 e. The lowest BCUT2D eigenvalue weighted by Gasteiger charge is -2.33. The maximum absolute atomic E-state index is 12.8. The van der Waals surface area contributed by atoms with E-state index < -0.39 is 6.43 Å². The van der Waals surface area contributed by atoms with E-state index in [1.54, 1.807) is 6.92 Å². The predicted molar refractivity (Wildman–Crippen MR) is 81.0 cm³/mol. The van der Waals surface area contributed by atoms with Gasteiger partial charge in [-0.1, -0.05) is 16.5 Å². The summed E-state index contributed by atoms with van der Waals surface area (Å²) in [6.45, 7) is 3.17. The lowest BCUT2D eigenvalue weighted by molar-refractivity contribution is -0.118. The van der Waals surface area contributed by atoms with Crippen molar-refractivity contribution in [2.75, 3.05) is 13.1 Å². The van der Waals surface area contributed by atoms with Crippen molar-refractivity contribution in [3.63, 3.8) is 0 Å². The number of aromatic nitrogens is 1. The summed E-state index contributed by atoms with van der Waals surface area (Å²) >= 11 is 1.43. The first kappa shape index (κ1) is 15.3. The third kappa shape index (κ3) is 2.48. The highest BCUT2D eigenvalue weighted by molar-refractivity contribution is 7.19. The van der Waals surface area contributed by atoms with Crippen LogP contribution in [0.3, 0.4) is 0 Å². The van der Waals surface area contributed by atoms with E-state index in [9.17, 15) is 13.6 Å². The molecule has 0 saturated carbocycles. The summed E-state index contributed by atoms with van der Waals surface area (Å²) in [6.07, 6.45) is 1.51. The van der Waals surface area contributed by atoms with Gasteiger partial charge in [0.2, 0.25) is 5.76 Å². The zero-order valence-corrected chi connectivity index (χ0v) is 13.0. The molecule has 3 rings (SSSR count). The van der Waals surface area contributed by atoms with Crippen molar-refractivity contribution in [2.45, 2.75) is 32.6 Å². The van der Waals surface area contributed by atoms with Crippen LogP contribution in [-0.2, 0) is 4.79 Å². The minimum Gasteiger partial charge on any atom is -0.354 e. The zero-order valence-electron chi connectivity index (χ0n) is 12.2. The van der Waals surface area contributed by atoms with Gasteiger partial charge in [0.05, 0.1) is 18.0 Å². The van der Waals surface area contributed by atoms with E-state index in [2.05, 4.69) is 5.16 Å². The first-order valence-electron chi connectivity index (χ1n) is 7.25. The van der Waals surface area contributed by atoms with E-state index in [1.807, 2.05) is 12.1 Å². The number of hydrogen-bond donors (Lipinski definition) is 0. The Labute approximate surface area is 130 Å². The Hall–Kier alpha value is -1.60. The number of likely N-dealkylation sites (tertiary alicyclic amines) is 1. The average Bonchev–Trinajstić information content (AvgIpc) is 3.14. The number of nitrogens with zero attached hydrogens (tertiary/aromatic N) is 2. The van der Waals surface area contributed by atoms with Crippen molar-refractivity contribution >= 4 is 22.7 Å². The van der Waals surface area contributed by atoms with Crippen LogP contribution < -0.4 is 4.48 Å². The minimum absolute atomic E-state index is 0.323. The number of carbonyl (C=O) groups is 1. The highest BCUT2D eigenvalue weighted by Crippen LogP contribution is 2.40. The molecule has 1 fully saturated rings. The standard InChI is InChI=1S/C15H17F2N2O2S/c1-10-13(18-21-14(10)15(16)17)11-5-6-12(22-11)19(9-20)7-3-2-4-8-19/h5-6,9,15H,2-4,7-8H2,1H3/q+1. The second-order valence-corrected chi connectivity index (χ2v) is 6.67. The van der Waals surface area contributed by atoms with Crippen LogP contribution in [0.4, 0.5) is 13.8 Å². The summed E-state index contributed by atoms with van der Waals surface area (Å²) in [5.74, 6) is -0.387. The molecule has 0 N–H and O–H groups in total. The first-order chi connectivity index (χ1) is 10.6. The highest BCUT2D eigenvalue weighted by Gasteiger charge is 2.34. The molecule has 7 heteroatoms. The van der Waals surface area contributed by atoms with Crippen LogP contribution in [0.15, 0.2) is 16.7 Å². The molecule has 0 spiro atoms. The number of carbonyl (C=O) groups excluding carboxylic acids is 1. The van der Waals surface area contributed by atoms with Crippen LogP contribution in [0, 0.1) is 6.92 Å². The predicted octanol–water partition coefficient (Wildman–Crippen LogP) is 4.30. The summed E-state index contributed by atoms with van der Waals surface area (Å²) in [4.78, 5) is 12.4. The van der Waals surface area contributed by atoms with Gasteiger partial charge >= 0.3 is 6.41 Å². The molecular weight excluding hydrogens is 310 g/mol. The van der Waals surface area contributed by atoms with Crippen molar-refractivity contribution in [1.29, 1.82) is 0 Å². The molecule has 4 nitrogen and oxygen atoms in total. The van der Waals surface area contributed by atoms with Gasteiger partial charge in [0.25, 0.3) is 6.43 Å². The fourth-order valence-corrected chi connectivity index (χ4v) is 4.12. The summed E-state index contributed by atoms with van der Waals surface area (Å²) in [5, 5.41) is 4.71. The van der Waals surface area contributed by atoms with Crippen LogP contribution in [-0.4, -0.2) is 24.7 Å². The van der Waals surface area contributed by atoms with Gasteiger partial charge in [-0.05, 0) is 32.3 Å². The van der Waals surface area contributed by atoms with E-state index in [0.29, 0.717) is 15.7 Å². The topological polar surface area (TPSA) is 43.1 Å². The Morgan fingerprint density at radius 1 is 1.32 bits per heavy atom. The zero-order chi connectivity index (χ0) is 15.7. The van der Waals surface area contributed by atoms with E-state index in [-0.39, 0.29) is 5.76 Å². The SMILES string of the molecule is Cc1c(-c2ccc([N+]3(C=O)CCCCC3)s2)noc1C(F)F. The molecule has 22 heavy (non-hydrogen) atoms. The molecule has 0 atom stereocenters. The summed E-state index contributed by atoms with van der Waals surface area (Å²) in [5.41, 5.74) is 0.798. The summed E-state index contributed by atoms with van der Waals surface area (Å²) < 4.78 is 30.6. The van der Waals surface area contributed by atoms with Crippen LogP contribution in [0.2, 0.25) is 0 Å². The highest BCUT2D eigenvalue weighted by atomic mass is 32.1. The van der Waals surface area contributed by atoms with Crippen molar-refractivity contribution in [3.05, 3.63) is 23.5 Å². The number of rotatable bonds is 4. The quantitative estimate of drug-likeness (QED) is 0.621. The molecule has 2 aromatic heterocycles. The van der Waals surface area contributed by atoms with Crippen molar-refractivity contribution in [3.8, 4) is 10.6 Å². The third-order valence-electron chi connectivity index (χ3n) is 4.24. The van der Waals surface area contributed by atoms with Gasteiger partial charge in [0.15, 0.2) is 5.00 Å². The van der Waals surface area contributed by atoms with Crippen LogP contribution in [0.25, 0.3) is 10.6 Å². The molecule has 1 aliphatic rings. The molecule has 1 saturated heterocycles. The Bertz CT molecular complexity index is 675. The lowest BCUT2D eigenvalue weighted by Crippen LogP contribution is -2.51. The first-order valence-corrected chi connectivity index (χ1v) is 8.07. The Kier molecular flexibility index (Phi) is 4.10. The molecule has 118 valence electrons. The number of piperidine rings is 1. The number of thiophene rings is 1. The molecule has 0 radical (unpaired) electrons. The van der Waals surface area contributed by atoms with Crippen LogP contribution in [0.5, 0.6) is 0 Å². The van der Waals surface area contributed by atoms with E-state index in [1.165, 1.54) is 11.3 Å². The van der Waals surface area contributed by atoms with Crippen LogP contribution in [0.1, 0.15) is 37.0 Å². The lowest BCUT2D eigenvalue weighted by atomic mass is 10.1. The van der Waals surface area contributed by atoms with Crippen LogP contribution >= 0.6 is 11.3 Å². The molecule has 1 amide bonds. The second kappa shape index (κ2) is 5.89. The van der Waals surface area contributed by atoms with E-state index in [4.69, 9.17) is 4.52 Å². The fraction of sp³-hybridized carbons (Fsp3) is 0.467. The maximum Gasteiger partial charge on any atom is 0.307 e. The van der Waals surface area contributed by atoms with Gasteiger partial charge in [-0.15, -0.1) is 0 Å². The molecule has 0 bridgehead atoms. The van der Waals surface area contributed by atoms with Gasteiger partial charge in [0, 0.05) is 11.6 Å². The molecule has 0 aliphatic carbocycles. The van der Waals surface area contributed by atoms with Gasteiger partial charge in [-0.3, -0.25) is 0 Å². The number of alkyl halides is 2. The van der Waals surface area contributed by atoms with Gasteiger partial charge < -0.3 is 4.52 Å². The molecular formula is C15H17F2N2O2S+. The van der Waals surface area contributed by atoms with Gasteiger partial charge in [0.1, 0.15) is 5.69 Å².